The number of amides is 2. The molecule has 4 nitrogen and oxygen atoms in total. The highest BCUT2D eigenvalue weighted by Gasteiger charge is 2.16. The second-order valence-electron chi connectivity index (χ2n) is 5.46. The quantitative estimate of drug-likeness (QED) is 0.721. The van der Waals surface area contributed by atoms with Crippen LogP contribution in [0.25, 0.3) is 0 Å². The van der Waals surface area contributed by atoms with Crippen molar-refractivity contribution in [1.29, 1.82) is 0 Å². The van der Waals surface area contributed by atoms with Crippen LogP contribution in [0.4, 0.5) is 11.4 Å². The van der Waals surface area contributed by atoms with Gasteiger partial charge >= 0.3 is 0 Å². The van der Waals surface area contributed by atoms with Gasteiger partial charge in [-0.3, -0.25) is 9.59 Å². The van der Waals surface area contributed by atoms with E-state index in [4.69, 9.17) is 23.2 Å². The average Bonchev–Trinajstić information content (AvgIpc) is 2.57. The maximum Gasteiger partial charge on any atom is 0.237 e. The SMILES string of the molecule is Cc1cc(Cl)ccc1NC(=O)CSC(C)C(=O)Nc1ccc(Cl)cc1. The fourth-order valence-corrected chi connectivity index (χ4v) is 3.04. The Morgan fingerprint density at radius 2 is 1.68 bits per heavy atom. The summed E-state index contributed by atoms with van der Waals surface area (Å²) in [6.45, 7) is 3.63. The van der Waals surface area contributed by atoms with Gasteiger partial charge in [0.05, 0.1) is 11.0 Å². The smallest absolute Gasteiger partial charge is 0.237 e. The first-order valence-electron chi connectivity index (χ1n) is 7.59. The third-order valence-electron chi connectivity index (χ3n) is 3.41. The fourth-order valence-electron chi connectivity index (χ4n) is 2.01. The number of nitrogens with one attached hydrogen (secondary N) is 2. The minimum atomic E-state index is -0.368. The molecule has 132 valence electrons. The van der Waals surface area contributed by atoms with E-state index in [1.807, 2.05) is 6.92 Å². The molecular formula is C18H18Cl2N2O2S. The summed E-state index contributed by atoms with van der Waals surface area (Å²) < 4.78 is 0. The molecule has 1 unspecified atom stereocenters. The summed E-state index contributed by atoms with van der Waals surface area (Å²) in [6, 6.07) is 12.1. The Morgan fingerprint density at radius 1 is 1.04 bits per heavy atom. The highest BCUT2D eigenvalue weighted by atomic mass is 35.5. The lowest BCUT2D eigenvalue weighted by molar-refractivity contribution is -0.115. The molecule has 0 bridgehead atoms. The number of carbonyl (C=O) groups excluding carboxylic acids is 2. The molecule has 0 saturated heterocycles. The topological polar surface area (TPSA) is 58.2 Å². The molecular weight excluding hydrogens is 379 g/mol. The van der Waals surface area contributed by atoms with Crippen molar-refractivity contribution < 1.29 is 9.59 Å². The lowest BCUT2D eigenvalue weighted by Gasteiger charge is -2.13. The highest BCUT2D eigenvalue weighted by Crippen LogP contribution is 2.21. The Kier molecular flexibility index (Phi) is 7.17. The summed E-state index contributed by atoms with van der Waals surface area (Å²) in [5, 5.41) is 6.48. The minimum Gasteiger partial charge on any atom is -0.325 e. The van der Waals surface area contributed by atoms with E-state index in [1.165, 1.54) is 11.8 Å². The summed E-state index contributed by atoms with van der Waals surface area (Å²) >= 11 is 13.0. The Hall–Kier alpha value is -1.69. The van der Waals surface area contributed by atoms with Crippen LogP contribution >= 0.6 is 35.0 Å². The van der Waals surface area contributed by atoms with Gasteiger partial charge in [-0.1, -0.05) is 23.2 Å². The molecule has 0 aromatic heterocycles. The summed E-state index contributed by atoms with van der Waals surface area (Å²) in [5.41, 5.74) is 2.27. The number of anilines is 2. The maximum absolute atomic E-state index is 12.1. The minimum absolute atomic E-state index is 0.164. The predicted octanol–water partition coefficient (Wildman–Crippen LogP) is 5.00. The second kappa shape index (κ2) is 9.13. The molecule has 0 heterocycles. The lowest BCUT2D eigenvalue weighted by atomic mass is 10.2. The summed E-state index contributed by atoms with van der Waals surface area (Å²) in [5.74, 6) is -0.151. The van der Waals surface area contributed by atoms with Crippen LogP contribution in [0.2, 0.25) is 10.0 Å². The molecule has 7 heteroatoms. The third kappa shape index (κ3) is 6.27. The predicted molar refractivity (Wildman–Crippen MR) is 107 cm³/mol. The van der Waals surface area contributed by atoms with Crippen molar-refractivity contribution >= 4 is 58.2 Å². The van der Waals surface area contributed by atoms with Crippen LogP contribution in [-0.2, 0) is 9.59 Å². The van der Waals surface area contributed by atoms with Crippen molar-refractivity contribution in [3.63, 3.8) is 0 Å². The van der Waals surface area contributed by atoms with Crippen LogP contribution in [0.3, 0.4) is 0 Å². The first kappa shape index (κ1) is 19.6. The molecule has 0 aliphatic heterocycles. The monoisotopic (exact) mass is 396 g/mol. The van der Waals surface area contributed by atoms with Gasteiger partial charge in [0.25, 0.3) is 0 Å². The number of aryl methyl sites for hydroxylation is 1. The number of hydrogen-bond donors (Lipinski definition) is 2. The van der Waals surface area contributed by atoms with Gasteiger partial charge in [-0.05, 0) is 61.9 Å². The summed E-state index contributed by atoms with van der Waals surface area (Å²) in [6.07, 6.45) is 0. The zero-order valence-corrected chi connectivity index (χ0v) is 16.1. The Morgan fingerprint density at radius 3 is 2.32 bits per heavy atom. The van der Waals surface area contributed by atoms with Gasteiger partial charge in [-0.15, -0.1) is 11.8 Å². The Labute approximate surface area is 161 Å². The molecule has 1 atom stereocenters. The number of carbonyl (C=O) groups is 2. The first-order valence-corrected chi connectivity index (χ1v) is 9.39. The van der Waals surface area contributed by atoms with Crippen LogP contribution < -0.4 is 10.6 Å². The van der Waals surface area contributed by atoms with E-state index in [9.17, 15) is 9.59 Å². The molecule has 0 aliphatic rings. The van der Waals surface area contributed by atoms with E-state index in [-0.39, 0.29) is 22.8 Å². The van der Waals surface area contributed by atoms with E-state index in [1.54, 1.807) is 49.4 Å². The van der Waals surface area contributed by atoms with Gasteiger partial charge in [0, 0.05) is 21.4 Å². The van der Waals surface area contributed by atoms with E-state index in [0.717, 1.165) is 5.56 Å². The zero-order chi connectivity index (χ0) is 18.4. The Balaban J connectivity index is 1.81. The number of benzene rings is 2. The van der Waals surface area contributed by atoms with Crippen molar-refractivity contribution in [2.24, 2.45) is 0 Å². The number of rotatable bonds is 6. The molecule has 0 radical (unpaired) electrons. The summed E-state index contributed by atoms with van der Waals surface area (Å²) in [4.78, 5) is 24.2. The van der Waals surface area contributed by atoms with Crippen LogP contribution in [0, 0.1) is 6.92 Å². The van der Waals surface area contributed by atoms with Gasteiger partial charge in [0.2, 0.25) is 11.8 Å². The van der Waals surface area contributed by atoms with Crippen LogP contribution in [-0.4, -0.2) is 22.8 Å². The number of thioether (sulfide) groups is 1. The molecule has 25 heavy (non-hydrogen) atoms. The van der Waals surface area contributed by atoms with Gasteiger partial charge in [0.1, 0.15) is 0 Å². The highest BCUT2D eigenvalue weighted by molar-refractivity contribution is 8.01. The van der Waals surface area contributed by atoms with Crippen molar-refractivity contribution in [2.45, 2.75) is 19.1 Å². The maximum atomic E-state index is 12.1. The van der Waals surface area contributed by atoms with Gasteiger partial charge in [0.15, 0.2) is 0 Å². The molecule has 0 aliphatic carbocycles. The van der Waals surface area contributed by atoms with Crippen LogP contribution in [0.15, 0.2) is 42.5 Å². The largest absolute Gasteiger partial charge is 0.325 e. The molecule has 2 aromatic carbocycles. The van der Waals surface area contributed by atoms with Gasteiger partial charge in [-0.2, -0.15) is 0 Å². The van der Waals surface area contributed by atoms with E-state index in [0.29, 0.717) is 21.4 Å². The van der Waals surface area contributed by atoms with Crippen LogP contribution in [0.5, 0.6) is 0 Å². The third-order valence-corrected chi connectivity index (χ3v) is 5.04. The van der Waals surface area contributed by atoms with E-state index >= 15 is 0 Å². The number of halogens is 2. The van der Waals surface area contributed by atoms with Crippen molar-refractivity contribution in [3.05, 3.63) is 58.1 Å². The normalized spacial score (nSPS) is 11.7. The molecule has 0 saturated carbocycles. The van der Waals surface area contributed by atoms with Crippen molar-refractivity contribution in [3.8, 4) is 0 Å². The van der Waals surface area contributed by atoms with Gasteiger partial charge < -0.3 is 10.6 Å². The fraction of sp³-hybridized carbons (Fsp3) is 0.222. The molecule has 2 N–H and O–H groups in total. The average molecular weight is 397 g/mol. The Bertz CT molecular complexity index is 766. The zero-order valence-electron chi connectivity index (χ0n) is 13.8. The van der Waals surface area contributed by atoms with Crippen molar-refractivity contribution in [1.82, 2.24) is 0 Å². The number of hydrogen-bond acceptors (Lipinski definition) is 3. The lowest BCUT2D eigenvalue weighted by Crippen LogP contribution is -2.25. The van der Waals surface area contributed by atoms with E-state index < -0.39 is 0 Å². The molecule has 0 spiro atoms. The standard InChI is InChI=1S/C18H18Cl2N2O2S/c1-11-9-14(20)5-8-16(11)22-17(23)10-25-12(2)18(24)21-15-6-3-13(19)4-7-15/h3-9,12H,10H2,1-2H3,(H,21,24)(H,22,23). The van der Waals surface area contributed by atoms with Gasteiger partial charge in [-0.25, -0.2) is 0 Å². The summed E-state index contributed by atoms with van der Waals surface area (Å²) in [7, 11) is 0. The molecule has 0 fully saturated rings. The van der Waals surface area contributed by atoms with Crippen molar-refractivity contribution in [2.75, 3.05) is 16.4 Å². The second-order valence-corrected chi connectivity index (χ2v) is 7.66. The molecule has 2 rings (SSSR count). The molecule has 2 amide bonds. The van der Waals surface area contributed by atoms with Crippen LogP contribution in [0.1, 0.15) is 12.5 Å². The molecule has 2 aromatic rings. The first-order chi connectivity index (χ1) is 11.8. The van der Waals surface area contributed by atoms with E-state index in [2.05, 4.69) is 10.6 Å².